The Morgan fingerprint density at radius 2 is 1.93 bits per heavy atom. The Morgan fingerprint density at radius 1 is 1.14 bits per heavy atom. The van der Waals surface area contributed by atoms with Gasteiger partial charge < -0.3 is 5.32 Å². The maximum absolute atomic E-state index is 12.5. The first kappa shape index (κ1) is 22.1. The first-order valence-corrected chi connectivity index (χ1v) is 13.0. The molecular weight excluding hydrogens is 450 g/mol. The maximum Gasteiger partial charge on any atom is 0.262 e. The van der Waals surface area contributed by atoms with Crippen LogP contribution in [0, 0.1) is 0 Å². The smallest absolute Gasteiger partial charge is 0.262 e. The van der Waals surface area contributed by atoms with Gasteiger partial charge in [-0.2, -0.15) is 0 Å². The molecule has 156 valence electrons. The summed E-state index contributed by atoms with van der Waals surface area (Å²) >= 11 is 8.89. The summed E-state index contributed by atoms with van der Waals surface area (Å²) in [7, 11) is -3.67. The van der Waals surface area contributed by atoms with Crippen molar-refractivity contribution in [2.45, 2.75) is 36.3 Å². The SMILES string of the molecule is O=C(CSCc1ccc(Cl)s1)Nc1ccc(S(=O)(=O)NC2=NCCCCC2)cc1. The van der Waals surface area contributed by atoms with Gasteiger partial charge in [-0.15, -0.1) is 23.1 Å². The minimum atomic E-state index is -3.67. The number of sulfonamides is 1. The third kappa shape index (κ3) is 7.02. The molecule has 1 aliphatic heterocycles. The highest BCUT2D eigenvalue weighted by Crippen LogP contribution is 2.25. The molecule has 0 saturated carbocycles. The lowest BCUT2D eigenvalue weighted by molar-refractivity contribution is -0.113. The molecule has 2 N–H and O–H groups in total. The van der Waals surface area contributed by atoms with Crippen molar-refractivity contribution in [2.24, 2.45) is 4.99 Å². The second-order valence-electron chi connectivity index (χ2n) is 6.52. The molecule has 0 radical (unpaired) electrons. The second kappa shape index (κ2) is 10.5. The van der Waals surface area contributed by atoms with Gasteiger partial charge in [-0.1, -0.05) is 18.0 Å². The minimum Gasteiger partial charge on any atom is -0.325 e. The normalized spacial score (nSPS) is 14.7. The largest absolute Gasteiger partial charge is 0.325 e. The molecule has 3 rings (SSSR count). The number of rotatable bonds is 7. The predicted molar refractivity (Wildman–Crippen MR) is 122 cm³/mol. The van der Waals surface area contributed by atoms with Gasteiger partial charge in [-0.25, -0.2) is 8.42 Å². The minimum absolute atomic E-state index is 0.140. The van der Waals surface area contributed by atoms with E-state index in [1.54, 1.807) is 12.1 Å². The number of nitrogens with one attached hydrogen (secondary N) is 2. The quantitative estimate of drug-likeness (QED) is 0.621. The van der Waals surface area contributed by atoms with Crippen LogP contribution in [0.4, 0.5) is 5.69 Å². The molecule has 0 aliphatic carbocycles. The van der Waals surface area contributed by atoms with Crippen molar-refractivity contribution in [1.82, 2.24) is 4.72 Å². The Bertz CT molecular complexity index is 972. The van der Waals surface area contributed by atoms with Crippen LogP contribution in [0.15, 0.2) is 46.3 Å². The molecule has 1 aliphatic rings. The topological polar surface area (TPSA) is 87.6 Å². The fourth-order valence-electron chi connectivity index (χ4n) is 2.76. The standard InChI is InChI=1S/C19H22ClN3O3S3/c20-17-10-7-15(28-17)12-27-13-19(24)22-14-5-8-16(9-6-14)29(25,26)23-18-4-2-1-3-11-21-18/h5-10H,1-4,11-13H2,(H,21,23)(H,22,24). The molecular formula is C19H22ClN3O3S3. The van der Waals surface area contributed by atoms with E-state index in [1.165, 1.54) is 35.2 Å². The Hall–Kier alpha value is -1.55. The van der Waals surface area contributed by atoms with E-state index in [-0.39, 0.29) is 10.8 Å². The molecule has 0 spiro atoms. The summed E-state index contributed by atoms with van der Waals surface area (Å²) in [5.41, 5.74) is 0.556. The lowest BCUT2D eigenvalue weighted by atomic mass is 10.2. The van der Waals surface area contributed by atoms with Crippen molar-refractivity contribution < 1.29 is 13.2 Å². The van der Waals surface area contributed by atoms with E-state index >= 15 is 0 Å². The second-order valence-corrected chi connectivity index (χ2v) is 11.0. The molecule has 1 aromatic heterocycles. The number of thioether (sulfide) groups is 1. The Labute approximate surface area is 184 Å². The van der Waals surface area contributed by atoms with Gasteiger partial charge in [-0.05, 0) is 49.2 Å². The first-order valence-electron chi connectivity index (χ1n) is 9.20. The van der Waals surface area contributed by atoms with Crippen molar-refractivity contribution in [1.29, 1.82) is 0 Å². The van der Waals surface area contributed by atoms with Gasteiger partial charge in [0.2, 0.25) is 5.91 Å². The van der Waals surface area contributed by atoms with E-state index in [4.69, 9.17) is 11.6 Å². The van der Waals surface area contributed by atoms with E-state index in [1.807, 2.05) is 12.1 Å². The summed E-state index contributed by atoms with van der Waals surface area (Å²) in [5, 5.41) is 2.78. The van der Waals surface area contributed by atoms with E-state index in [2.05, 4.69) is 15.0 Å². The summed E-state index contributed by atoms with van der Waals surface area (Å²) in [4.78, 5) is 17.7. The van der Waals surface area contributed by atoms with Crippen LogP contribution in [0.25, 0.3) is 0 Å². The number of anilines is 1. The van der Waals surface area contributed by atoms with Crippen LogP contribution in [0.5, 0.6) is 0 Å². The van der Waals surface area contributed by atoms with Crippen LogP contribution in [0.2, 0.25) is 4.34 Å². The molecule has 1 amide bonds. The summed E-state index contributed by atoms with van der Waals surface area (Å²) < 4.78 is 28.4. The molecule has 0 fully saturated rings. The van der Waals surface area contributed by atoms with Crippen molar-refractivity contribution in [3.63, 3.8) is 0 Å². The van der Waals surface area contributed by atoms with Gasteiger partial charge >= 0.3 is 0 Å². The average Bonchev–Trinajstić information content (AvgIpc) is 2.93. The molecule has 10 heteroatoms. The number of amidine groups is 1. The van der Waals surface area contributed by atoms with Crippen LogP contribution < -0.4 is 10.0 Å². The van der Waals surface area contributed by atoms with Crippen LogP contribution in [-0.4, -0.2) is 32.5 Å². The Kier molecular flexibility index (Phi) is 7.99. The van der Waals surface area contributed by atoms with Crippen LogP contribution in [0.3, 0.4) is 0 Å². The lowest BCUT2D eigenvalue weighted by Crippen LogP contribution is -2.30. The lowest BCUT2D eigenvalue weighted by Gasteiger charge is -2.10. The van der Waals surface area contributed by atoms with Gasteiger partial charge in [0, 0.05) is 29.3 Å². The summed E-state index contributed by atoms with van der Waals surface area (Å²) in [5.74, 6) is 1.40. The highest BCUT2D eigenvalue weighted by Gasteiger charge is 2.17. The molecule has 2 aromatic rings. The monoisotopic (exact) mass is 471 g/mol. The number of carbonyl (C=O) groups is 1. The molecule has 0 atom stereocenters. The number of aliphatic imine (C=N–C) groups is 1. The zero-order valence-corrected chi connectivity index (χ0v) is 18.9. The molecule has 2 heterocycles. The van der Waals surface area contributed by atoms with Crippen molar-refractivity contribution in [3.05, 3.63) is 45.6 Å². The van der Waals surface area contributed by atoms with Gasteiger partial charge in [-0.3, -0.25) is 14.5 Å². The number of nitrogens with zero attached hydrogens (tertiary/aromatic N) is 1. The molecule has 0 bridgehead atoms. The van der Waals surface area contributed by atoms with Gasteiger partial charge in [0.15, 0.2) is 0 Å². The zero-order valence-electron chi connectivity index (χ0n) is 15.7. The van der Waals surface area contributed by atoms with Crippen LogP contribution in [-0.2, 0) is 20.6 Å². The number of hydrogen-bond acceptors (Lipinski definition) is 6. The average molecular weight is 472 g/mol. The summed E-state index contributed by atoms with van der Waals surface area (Å²) in [6.07, 6.45) is 3.62. The summed E-state index contributed by atoms with van der Waals surface area (Å²) in [6.45, 7) is 0.653. The summed E-state index contributed by atoms with van der Waals surface area (Å²) in [6, 6.07) is 9.93. The van der Waals surface area contributed by atoms with Crippen molar-refractivity contribution in [2.75, 3.05) is 17.6 Å². The first-order chi connectivity index (χ1) is 13.9. The highest BCUT2D eigenvalue weighted by molar-refractivity contribution is 7.99. The third-order valence-corrected chi connectivity index (χ3v) is 7.97. The number of thiophene rings is 1. The molecule has 6 nitrogen and oxygen atoms in total. The highest BCUT2D eigenvalue weighted by atomic mass is 35.5. The Balaban J connectivity index is 1.50. The molecule has 29 heavy (non-hydrogen) atoms. The molecule has 0 saturated heterocycles. The number of benzene rings is 1. The van der Waals surface area contributed by atoms with Gasteiger partial charge in [0.1, 0.15) is 5.84 Å². The van der Waals surface area contributed by atoms with Crippen LogP contribution >= 0.6 is 34.7 Å². The maximum atomic E-state index is 12.5. The predicted octanol–water partition coefficient (Wildman–Crippen LogP) is 4.52. The fourth-order valence-corrected chi connectivity index (χ4v) is 5.87. The fraction of sp³-hybridized carbons (Fsp3) is 0.368. The van der Waals surface area contributed by atoms with Gasteiger partial charge in [0.25, 0.3) is 10.0 Å². The number of halogens is 1. The van der Waals surface area contributed by atoms with E-state index < -0.39 is 10.0 Å². The van der Waals surface area contributed by atoms with E-state index in [0.29, 0.717) is 30.2 Å². The molecule has 0 unspecified atom stereocenters. The van der Waals surface area contributed by atoms with Crippen molar-refractivity contribution >= 4 is 62.2 Å². The number of amides is 1. The van der Waals surface area contributed by atoms with E-state index in [0.717, 1.165) is 34.2 Å². The van der Waals surface area contributed by atoms with E-state index in [9.17, 15) is 13.2 Å². The number of hydrogen-bond donors (Lipinski definition) is 2. The Morgan fingerprint density at radius 3 is 2.66 bits per heavy atom. The zero-order chi connectivity index (χ0) is 20.7. The van der Waals surface area contributed by atoms with Crippen molar-refractivity contribution in [3.8, 4) is 0 Å². The van der Waals surface area contributed by atoms with Crippen LogP contribution in [0.1, 0.15) is 30.6 Å². The third-order valence-electron chi connectivity index (χ3n) is 4.18. The number of carbonyl (C=O) groups excluding carboxylic acids is 1. The van der Waals surface area contributed by atoms with Gasteiger partial charge in [0.05, 0.1) is 15.0 Å². The molecule has 1 aromatic carbocycles.